The predicted molar refractivity (Wildman–Crippen MR) is 87.7 cm³/mol. The number of furan rings is 1. The SMILES string of the molecule is CC1(C)CCN(C(=O)c2cc3cc(N)ccc3o2)CCS1. The number of benzene rings is 1. The lowest BCUT2D eigenvalue weighted by molar-refractivity contribution is 0.0735. The predicted octanol–water partition coefficient (Wildman–Crippen LogP) is 3.37. The molecule has 0 radical (unpaired) electrons. The van der Waals surface area contributed by atoms with Crippen LogP contribution in [0.25, 0.3) is 11.0 Å². The number of rotatable bonds is 1. The summed E-state index contributed by atoms with van der Waals surface area (Å²) in [5.41, 5.74) is 7.14. The van der Waals surface area contributed by atoms with Gasteiger partial charge in [0.25, 0.3) is 5.91 Å². The number of nitrogen functional groups attached to an aromatic ring is 1. The smallest absolute Gasteiger partial charge is 0.289 e. The lowest BCUT2D eigenvalue weighted by atomic mass is 10.1. The number of thioether (sulfide) groups is 1. The van der Waals surface area contributed by atoms with Crippen molar-refractivity contribution in [3.8, 4) is 0 Å². The summed E-state index contributed by atoms with van der Waals surface area (Å²) in [5, 5.41) is 0.878. The van der Waals surface area contributed by atoms with Crippen molar-refractivity contribution in [1.29, 1.82) is 0 Å². The van der Waals surface area contributed by atoms with Crippen LogP contribution in [0.3, 0.4) is 0 Å². The van der Waals surface area contributed by atoms with E-state index >= 15 is 0 Å². The van der Waals surface area contributed by atoms with Crippen molar-refractivity contribution in [2.24, 2.45) is 0 Å². The summed E-state index contributed by atoms with van der Waals surface area (Å²) in [6, 6.07) is 7.21. The molecule has 2 aromatic rings. The van der Waals surface area contributed by atoms with Gasteiger partial charge in [-0.25, -0.2) is 0 Å². The molecular formula is C16H20N2O2S. The van der Waals surface area contributed by atoms with Crippen molar-refractivity contribution < 1.29 is 9.21 Å². The Morgan fingerprint density at radius 3 is 2.95 bits per heavy atom. The highest BCUT2D eigenvalue weighted by molar-refractivity contribution is 8.00. The van der Waals surface area contributed by atoms with Gasteiger partial charge in [-0.3, -0.25) is 4.79 Å². The van der Waals surface area contributed by atoms with Gasteiger partial charge >= 0.3 is 0 Å². The Morgan fingerprint density at radius 2 is 2.14 bits per heavy atom. The Kier molecular flexibility index (Phi) is 3.61. The van der Waals surface area contributed by atoms with Gasteiger partial charge in [0, 0.05) is 34.7 Å². The minimum absolute atomic E-state index is 0.0249. The molecule has 2 heterocycles. The molecule has 1 amide bonds. The number of hydrogen-bond acceptors (Lipinski definition) is 4. The molecule has 2 N–H and O–H groups in total. The summed E-state index contributed by atoms with van der Waals surface area (Å²) < 4.78 is 5.91. The molecule has 1 aliphatic rings. The largest absolute Gasteiger partial charge is 0.451 e. The first-order valence-electron chi connectivity index (χ1n) is 7.17. The van der Waals surface area contributed by atoms with E-state index in [4.69, 9.17) is 10.2 Å². The molecule has 0 unspecified atom stereocenters. The van der Waals surface area contributed by atoms with E-state index < -0.39 is 0 Å². The topological polar surface area (TPSA) is 59.5 Å². The van der Waals surface area contributed by atoms with Crippen molar-refractivity contribution >= 4 is 34.3 Å². The lowest BCUT2D eigenvalue weighted by Crippen LogP contribution is -2.33. The molecule has 5 heteroatoms. The molecule has 1 saturated heterocycles. The van der Waals surface area contributed by atoms with Crippen molar-refractivity contribution in [3.05, 3.63) is 30.0 Å². The third kappa shape index (κ3) is 3.02. The third-order valence-corrected chi connectivity index (χ3v) is 5.25. The van der Waals surface area contributed by atoms with Gasteiger partial charge in [-0.15, -0.1) is 0 Å². The standard InChI is InChI=1S/C16H20N2O2S/c1-16(2)5-6-18(7-8-21-16)15(19)14-10-11-9-12(17)3-4-13(11)20-14/h3-4,9-10H,5-8,17H2,1-2H3. The van der Waals surface area contributed by atoms with Crippen LogP contribution in [0.2, 0.25) is 0 Å². The quantitative estimate of drug-likeness (QED) is 0.821. The molecular weight excluding hydrogens is 284 g/mol. The van der Waals surface area contributed by atoms with Gasteiger partial charge in [0.05, 0.1) is 0 Å². The lowest BCUT2D eigenvalue weighted by Gasteiger charge is -2.22. The molecule has 1 aromatic heterocycles. The summed E-state index contributed by atoms with van der Waals surface area (Å²) in [5.74, 6) is 1.34. The van der Waals surface area contributed by atoms with E-state index in [1.165, 1.54) is 0 Å². The highest BCUT2D eigenvalue weighted by Gasteiger charge is 2.27. The van der Waals surface area contributed by atoms with Gasteiger partial charge in [0.15, 0.2) is 5.76 Å². The molecule has 0 atom stereocenters. The van der Waals surface area contributed by atoms with E-state index in [1.807, 2.05) is 28.8 Å². The van der Waals surface area contributed by atoms with E-state index in [0.717, 1.165) is 30.6 Å². The zero-order valence-corrected chi connectivity index (χ0v) is 13.2. The number of carbonyl (C=O) groups excluding carboxylic acids is 1. The van der Waals surface area contributed by atoms with Crippen LogP contribution in [0.1, 0.15) is 30.8 Å². The van der Waals surface area contributed by atoms with Crippen molar-refractivity contribution in [2.75, 3.05) is 24.6 Å². The second kappa shape index (κ2) is 5.30. The van der Waals surface area contributed by atoms with E-state index in [2.05, 4.69) is 13.8 Å². The van der Waals surface area contributed by atoms with E-state index in [-0.39, 0.29) is 10.7 Å². The summed E-state index contributed by atoms with van der Waals surface area (Å²) in [4.78, 5) is 14.5. The molecule has 0 spiro atoms. The molecule has 1 aliphatic heterocycles. The Bertz CT molecular complexity index is 678. The fourth-order valence-corrected chi connectivity index (χ4v) is 3.65. The molecule has 1 fully saturated rings. The highest BCUT2D eigenvalue weighted by Crippen LogP contribution is 2.31. The van der Waals surface area contributed by atoms with E-state index in [9.17, 15) is 4.79 Å². The van der Waals surface area contributed by atoms with Gasteiger partial charge in [-0.2, -0.15) is 11.8 Å². The number of amides is 1. The minimum atomic E-state index is -0.0249. The number of anilines is 1. The van der Waals surface area contributed by atoms with Crippen LogP contribution >= 0.6 is 11.8 Å². The first kappa shape index (κ1) is 14.3. The first-order valence-corrected chi connectivity index (χ1v) is 8.15. The van der Waals surface area contributed by atoms with Crippen LogP contribution in [0.5, 0.6) is 0 Å². The zero-order chi connectivity index (χ0) is 15.0. The zero-order valence-electron chi connectivity index (χ0n) is 12.4. The molecule has 112 valence electrons. The van der Waals surface area contributed by atoms with Gasteiger partial charge in [0.1, 0.15) is 5.58 Å². The minimum Gasteiger partial charge on any atom is -0.451 e. The van der Waals surface area contributed by atoms with Gasteiger partial charge in [0.2, 0.25) is 0 Å². The number of fused-ring (bicyclic) bond motifs is 1. The monoisotopic (exact) mass is 304 g/mol. The van der Waals surface area contributed by atoms with Crippen molar-refractivity contribution in [1.82, 2.24) is 4.90 Å². The maximum Gasteiger partial charge on any atom is 0.289 e. The Hall–Kier alpha value is -1.62. The molecule has 4 nitrogen and oxygen atoms in total. The second-order valence-corrected chi connectivity index (χ2v) is 7.86. The van der Waals surface area contributed by atoms with E-state index in [0.29, 0.717) is 17.0 Å². The normalized spacial score (nSPS) is 18.7. The van der Waals surface area contributed by atoms with Crippen molar-refractivity contribution in [3.63, 3.8) is 0 Å². The second-order valence-electron chi connectivity index (χ2n) is 6.06. The van der Waals surface area contributed by atoms with Crippen molar-refractivity contribution in [2.45, 2.75) is 25.0 Å². The summed E-state index contributed by atoms with van der Waals surface area (Å²) in [7, 11) is 0. The number of hydrogen-bond donors (Lipinski definition) is 1. The fraction of sp³-hybridized carbons (Fsp3) is 0.438. The van der Waals surface area contributed by atoms with Crippen LogP contribution in [-0.4, -0.2) is 34.4 Å². The molecule has 0 aliphatic carbocycles. The van der Waals surface area contributed by atoms with Gasteiger partial charge < -0.3 is 15.1 Å². The molecule has 0 saturated carbocycles. The first-order chi connectivity index (χ1) is 9.94. The highest BCUT2D eigenvalue weighted by atomic mass is 32.2. The summed E-state index contributed by atoms with van der Waals surface area (Å²) in [6.07, 6.45) is 0.997. The molecule has 21 heavy (non-hydrogen) atoms. The average Bonchev–Trinajstić information content (AvgIpc) is 2.75. The fourth-order valence-electron chi connectivity index (χ4n) is 2.55. The van der Waals surface area contributed by atoms with Crippen LogP contribution in [0.4, 0.5) is 5.69 Å². The van der Waals surface area contributed by atoms with Crippen LogP contribution in [0, 0.1) is 0 Å². The maximum absolute atomic E-state index is 12.6. The van der Waals surface area contributed by atoms with Gasteiger partial charge in [-0.05, 0) is 30.7 Å². The van der Waals surface area contributed by atoms with E-state index in [1.54, 1.807) is 12.1 Å². The van der Waals surface area contributed by atoms with Crippen LogP contribution < -0.4 is 5.73 Å². The summed E-state index contributed by atoms with van der Waals surface area (Å²) >= 11 is 1.92. The maximum atomic E-state index is 12.6. The number of nitrogens with two attached hydrogens (primary N) is 1. The van der Waals surface area contributed by atoms with Gasteiger partial charge in [-0.1, -0.05) is 13.8 Å². The third-order valence-electron chi connectivity index (χ3n) is 3.88. The Labute approximate surface area is 128 Å². The van der Waals surface area contributed by atoms with Crippen LogP contribution in [0.15, 0.2) is 28.7 Å². The van der Waals surface area contributed by atoms with Crippen LogP contribution in [-0.2, 0) is 0 Å². The molecule has 0 bridgehead atoms. The Morgan fingerprint density at radius 1 is 1.33 bits per heavy atom. The number of carbonyl (C=O) groups is 1. The average molecular weight is 304 g/mol. The number of nitrogens with zero attached hydrogens (tertiary/aromatic N) is 1. The summed E-state index contributed by atoms with van der Waals surface area (Å²) in [6.45, 7) is 6.01. The Balaban J connectivity index is 1.83. The molecule has 1 aromatic carbocycles. The molecule has 3 rings (SSSR count).